The highest BCUT2D eigenvalue weighted by atomic mass is 16.6. The van der Waals surface area contributed by atoms with Crippen LogP contribution in [0.4, 0.5) is 17.3 Å². The first-order chi connectivity index (χ1) is 8.60. The third-order valence-electron chi connectivity index (χ3n) is 2.95. The summed E-state index contributed by atoms with van der Waals surface area (Å²) in [6.45, 7) is 2.69. The van der Waals surface area contributed by atoms with Gasteiger partial charge in [-0.1, -0.05) is 0 Å². The molecule has 18 heavy (non-hydrogen) atoms. The number of nitrogens with zero attached hydrogens (tertiary/aromatic N) is 2. The van der Waals surface area contributed by atoms with Crippen LogP contribution in [0.5, 0.6) is 0 Å². The van der Waals surface area contributed by atoms with Gasteiger partial charge in [0.1, 0.15) is 5.82 Å². The quantitative estimate of drug-likeness (QED) is 0.608. The van der Waals surface area contributed by atoms with Crippen molar-refractivity contribution in [2.24, 2.45) is 0 Å². The molecule has 1 fully saturated rings. The van der Waals surface area contributed by atoms with Crippen molar-refractivity contribution in [1.29, 1.82) is 0 Å². The molecule has 3 N–H and O–H groups in total. The van der Waals surface area contributed by atoms with E-state index in [-0.39, 0.29) is 11.5 Å². The second-order valence-corrected chi connectivity index (χ2v) is 4.25. The van der Waals surface area contributed by atoms with Gasteiger partial charge in [-0.3, -0.25) is 10.1 Å². The molecule has 0 atom stereocenters. The van der Waals surface area contributed by atoms with Crippen LogP contribution >= 0.6 is 0 Å². The summed E-state index contributed by atoms with van der Waals surface area (Å²) >= 11 is 0. The molecule has 98 valence electrons. The van der Waals surface area contributed by atoms with Gasteiger partial charge in [-0.15, -0.1) is 0 Å². The molecule has 0 unspecified atom stereocenters. The summed E-state index contributed by atoms with van der Waals surface area (Å²) in [7, 11) is 0. The van der Waals surface area contributed by atoms with Crippen molar-refractivity contribution >= 4 is 17.3 Å². The van der Waals surface area contributed by atoms with Crippen LogP contribution in [0.1, 0.15) is 19.8 Å². The van der Waals surface area contributed by atoms with Crippen LogP contribution in [0.2, 0.25) is 0 Å². The molecule has 0 aromatic carbocycles. The normalized spacial score (nSPS) is 22.3. The number of ether oxygens (including phenoxy) is 1. The van der Waals surface area contributed by atoms with Gasteiger partial charge < -0.3 is 15.8 Å². The first kappa shape index (κ1) is 12.6. The molecule has 2 rings (SSSR count). The summed E-state index contributed by atoms with van der Waals surface area (Å²) in [6, 6.07) is 3.24. The minimum atomic E-state index is -0.541. The number of hydrogen-bond acceptors (Lipinski definition) is 6. The van der Waals surface area contributed by atoms with Gasteiger partial charge in [0.15, 0.2) is 0 Å². The molecular weight excluding hydrogens is 236 g/mol. The van der Waals surface area contributed by atoms with Crippen molar-refractivity contribution in [1.82, 2.24) is 4.98 Å². The predicted molar refractivity (Wildman–Crippen MR) is 67.4 cm³/mol. The van der Waals surface area contributed by atoms with Crippen LogP contribution in [-0.4, -0.2) is 28.7 Å². The Labute approximate surface area is 104 Å². The SMILES string of the molecule is CCOC1CC(Nc2ccc([N+](=O)[O-])c(N)n2)C1. The molecule has 1 aliphatic carbocycles. The van der Waals surface area contributed by atoms with E-state index in [4.69, 9.17) is 10.5 Å². The van der Waals surface area contributed by atoms with Gasteiger partial charge in [-0.25, -0.2) is 4.98 Å². The number of nitrogens with one attached hydrogen (secondary N) is 1. The van der Waals surface area contributed by atoms with E-state index >= 15 is 0 Å². The molecule has 1 aliphatic rings. The molecule has 0 amide bonds. The largest absolute Gasteiger partial charge is 0.378 e. The summed E-state index contributed by atoms with van der Waals surface area (Å²) in [5.41, 5.74) is 5.35. The number of hydrogen-bond donors (Lipinski definition) is 2. The Kier molecular flexibility index (Phi) is 3.61. The van der Waals surface area contributed by atoms with Gasteiger partial charge in [0.05, 0.1) is 11.0 Å². The molecule has 1 saturated carbocycles. The average molecular weight is 252 g/mol. The predicted octanol–water partition coefficient (Wildman–Crippen LogP) is 1.55. The first-order valence-corrected chi connectivity index (χ1v) is 5.89. The van der Waals surface area contributed by atoms with Crippen LogP contribution in [0.15, 0.2) is 12.1 Å². The van der Waals surface area contributed by atoms with E-state index in [9.17, 15) is 10.1 Å². The maximum absolute atomic E-state index is 10.6. The zero-order chi connectivity index (χ0) is 13.1. The van der Waals surface area contributed by atoms with Crippen LogP contribution in [-0.2, 0) is 4.74 Å². The number of pyridine rings is 1. The summed E-state index contributed by atoms with van der Waals surface area (Å²) in [5, 5.41) is 13.8. The molecular formula is C11H16N4O3. The van der Waals surface area contributed by atoms with E-state index in [2.05, 4.69) is 10.3 Å². The number of anilines is 2. The highest BCUT2D eigenvalue weighted by molar-refractivity contribution is 5.57. The first-order valence-electron chi connectivity index (χ1n) is 5.89. The zero-order valence-corrected chi connectivity index (χ0v) is 10.1. The summed E-state index contributed by atoms with van der Waals surface area (Å²) in [5.74, 6) is 0.503. The monoisotopic (exact) mass is 252 g/mol. The molecule has 0 saturated heterocycles. The Hall–Kier alpha value is -1.89. The van der Waals surface area contributed by atoms with E-state index in [1.807, 2.05) is 6.92 Å². The lowest BCUT2D eigenvalue weighted by Crippen LogP contribution is -2.41. The van der Waals surface area contributed by atoms with Crippen LogP contribution in [0.3, 0.4) is 0 Å². The van der Waals surface area contributed by atoms with E-state index in [0.717, 1.165) is 19.4 Å². The third kappa shape index (κ3) is 2.67. The fourth-order valence-electron chi connectivity index (χ4n) is 1.97. The van der Waals surface area contributed by atoms with E-state index in [0.29, 0.717) is 18.0 Å². The second kappa shape index (κ2) is 5.18. The van der Waals surface area contributed by atoms with Gasteiger partial charge in [0.2, 0.25) is 5.82 Å². The molecule has 7 nitrogen and oxygen atoms in total. The van der Waals surface area contributed by atoms with Crippen LogP contribution < -0.4 is 11.1 Å². The number of nitro groups is 1. The topological polar surface area (TPSA) is 103 Å². The lowest BCUT2D eigenvalue weighted by Gasteiger charge is -2.35. The standard InChI is InChI=1S/C11H16N4O3/c1-2-18-8-5-7(6-8)13-10-4-3-9(15(16)17)11(12)14-10/h3-4,7-8H,2,5-6H2,1H3,(H3,12,13,14). The number of nitrogen functional groups attached to an aromatic ring is 1. The Balaban J connectivity index is 1.92. The fraction of sp³-hybridized carbons (Fsp3) is 0.545. The van der Waals surface area contributed by atoms with Crippen molar-refractivity contribution < 1.29 is 9.66 Å². The Bertz CT molecular complexity index is 446. The van der Waals surface area contributed by atoms with Crippen molar-refractivity contribution in [3.63, 3.8) is 0 Å². The molecule has 1 aromatic rings. The molecule has 1 aromatic heterocycles. The summed E-state index contributed by atoms with van der Waals surface area (Å²) in [6.07, 6.45) is 2.15. The van der Waals surface area contributed by atoms with E-state index in [1.54, 1.807) is 6.07 Å². The maximum Gasteiger partial charge on any atom is 0.311 e. The highest BCUT2D eigenvalue weighted by Gasteiger charge is 2.29. The Morgan fingerprint density at radius 3 is 2.89 bits per heavy atom. The lowest BCUT2D eigenvalue weighted by atomic mass is 9.89. The van der Waals surface area contributed by atoms with Gasteiger partial charge in [0, 0.05) is 18.7 Å². The molecule has 0 aliphatic heterocycles. The van der Waals surface area contributed by atoms with Crippen LogP contribution in [0, 0.1) is 10.1 Å². The minimum Gasteiger partial charge on any atom is -0.378 e. The molecule has 0 spiro atoms. The van der Waals surface area contributed by atoms with Gasteiger partial charge in [-0.2, -0.15) is 0 Å². The number of aromatic nitrogens is 1. The van der Waals surface area contributed by atoms with Gasteiger partial charge >= 0.3 is 5.69 Å². The molecule has 7 heteroatoms. The Morgan fingerprint density at radius 1 is 1.61 bits per heavy atom. The van der Waals surface area contributed by atoms with E-state index < -0.39 is 4.92 Å². The van der Waals surface area contributed by atoms with E-state index in [1.165, 1.54) is 6.07 Å². The van der Waals surface area contributed by atoms with Gasteiger partial charge in [-0.05, 0) is 25.8 Å². The maximum atomic E-state index is 10.6. The molecule has 0 bridgehead atoms. The van der Waals surface area contributed by atoms with Crippen LogP contribution in [0.25, 0.3) is 0 Å². The van der Waals surface area contributed by atoms with Crippen molar-refractivity contribution in [2.75, 3.05) is 17.7 Å². The average Bonchev–Trinajstić information content (AvgIpc) is 2.26. The summed E-state index contributed by atoms with van der Waals surface area (Å²) in [4.78, 5) is 14.0. The van der Waals surface area contributed by atoms with Crippen molar-refractivity contribution in [2.45, 2.75) is 31.9 Å². The number of rotatable bonds is 5. The Morgan fingerprint density at radius 2 is 2.33 bits per heavy atom. The molecule has 0 radical (unpaired) electrons. The summed E-state index contributed by atoms with van der Waals surface area (Å²) < 4.78 is 5.45. The zero-order valence-electron chi connectivity index (χ0n) is 10.1. The van der Waals surface area contributed by atoms with Crippen molar-refractivity contribution in [3.8, 4) is 0 Å². The third-order valence-corrected chi connectivity index (χ3v) is 2.95. The van der Waals surface area contributed by atoms with Crippen molar-refractivity contribution in [3.05, 3.63) is 22.2 Å². The molecule has 1 heterocycles. The van der Waals surface area contributed by atoms with Gasteiger partial charge in [0.25, 0.3) is 0 Å². The smallest absolute Gasteiger partial charge is 0.311 e. The second-order valence-electron chi connectivity index (χ2n) is 4.25. The lowest BCUT2D eigenvalue weighted by molar-refractivity contribution is -0.384. The number of nitrogens with two attached hydrogens (primary N) is 1. The fourth-order valence-corrected chi connectivity index (χ4v) is 1.97. The minimum absolute atomic E-state index is 0.0642. The highest BCUT2D eigenvalue weighted by Crippen LogP contribution is 2.27.